The van der Waals surface area contributed by atoms with Gasteiger partial charge in [0.15, 0.2) is 0 Å². The Morgan fingerprint density at radius 1 is 1.16 bits per heavy atom. The summed E-state index contributed by atoms with van der Waals surface area (Å²) < 4.78 is 5.07. The van der Waals surface area contributed by atoms with Crippen molar-refractivity contribution < 1.29 is 9.53 Å². The van der Waals surface area contributed by atoms with E-state index >= 15 is 0 Å². The van der Waals surface area contributed by atoms with Crippen LogP contribution in [0.15, 0.2) is 12.1 Å². The normalized spacial score (nSPS) is 11.5. The Labute approximate surface area is 116 Å². The zero-order valence-electron chi connectivity index (χ0n) is 12.9. The molecule has 0 spiro atoms. The first-order valence-corrected chi connectivity index (χ1v) is 6.77. The summed E-state index contributed by atoms with van der Waals surface area (Å²) in [6.45, 7) is 12.9. The molecule has 0 unspecified atom stereocenters. The zero-order chi connectivity index (χ0) is 14.6. The van der Waals surface area contributed by atoms with Gasteiger partial charge in [-0.1, -0.05) is 12.1 Å². The minimum absolute atomic E-state index is 0.212. The number of benzene rings is 1. The average Bonchev–Trinajstić information content (AvgIpc) is 2.32. The van der Waals surface area contributed by atoms with Crippen LogP contribution in [0.5, 0.6) is 0 Å². The van der Waals surface area contributed by atoms with Gasteiger partial charge in [-0.05, 0) is 63.8 Å². The summed E-state index contributed by atoms with van der Waals surface area (Å²) in [7, 11) is 0. The van der Waals surface area contributed by atoms with Crippen molar-refractivity contribution in [2.24, 2.45) is 0 Å². The third-order valence-corrected chi connectivity index (χ3v) is 3.46. The van der Waals surface area contributed by atoms with Crippen LogP contribution in [0.2, 0.25) is 0 Å². The first kappa shape index (κ1) is 15.7. The van der Waals surface area contributed by atoms with Crippen molar-refractivity contribution in [3.8, 4) is 0 Å². The Morgan fingerprint density at radius 2 is 1.74 bits per heavy atom. The van der Waals surface area contributed by atoms with E-state index in [0.29, 0.717) is 13.2 Å². The predicted octanol–water partition coefficient (Wildman–Crippen LogP) is 3.04. The molecular weight excluding hydrogens is 238 g/mol. The van der Waals surface area contributed by atoms with E-state index in [1.807, 2.05) is 20.8 Å². The molecule has 0 aliphatic heterocycles. The van der Waals surface area contributed by atoms with E-state index in [1.165, 1.54) is 22.3 Å². The molecule has 1 rings (SSSR count). The maximum Gasteiger partial charge on any atom is 0.325 e. The minimum atomic E-state index is -0.665. The number of aryl methyl sites for hydroxylation is 3. The highest BCUT2D eigenvalue weighted by Crippen LogP contribution is 2.16. The van der Waals surface area contributed by atoms with E-state index < -0.39 is 5.54 Å². The number of nitrogens with one attached hydrogen (secondary N) is 1. The zero-order valence-corrected chi connectivity index (χ0v) is 12.9. The van der Waals surface area contributed by atoms with E-state index in [2.05, 4.69) is 38.2 Å². The molecule has 0 aliphatic carbocycles. The summed E-state index contributed by atoms with van der Waals surface area (Å²) >= 11 is 0. The molecule has 0 aromatic heterocycles. The van der Waals surface area contributed by atoms with Crippen molar-refractivity contribution in [2.75, 3.05) is 6.61 Å². The lowest BCUT2D eigenvalue weighted by molar-refractivity contribution is -0.149. The van der Waals surface area contributed by atoms with Gasteiger partial charge in [0.25, 0.3) is 0 Å². The van der Waals surface area contributed by atoms with E-state index in [4.69, 9.17) is 4.74 Å². The summed E-state index contributed by atoms with van der Waals surface area (Å²) in [4.78, 5) is 11.8. The Bertz CT molecular complexity index is 464. The maximum atomic E-state index is 11.8. The van der Waals surface area contributed by atoms with Gasteiger partial charge in [-0.15, -0.1) is 0 Å². The van der Waals surface area contributed by atoms with Crippen molar-refractivity contribution in [3.05, 3.63) is 34.4 Å². The van der Waals surface area contributed by atoms with Crippen LogP contribution in [0.3, 0.4) is 0 Å². The number of carbonyl (C=O) groups is 1. The molecule has 0 aliphatic rings. The van der Waals surface area contributed by atoms with Gasteiger partial charge in [-0.25, -0.2) is 0 Å². The molecule has 0 amide bonds. The van der Waals surface area contributed by atoms with Crippen LogP contribution in [-0.4, -0.2) is 18.1 Å². The Kier molecular flexibility index (Phi) is 5.12. The third-order valence-electron chi connectivity index (χ3n) is 3.46. The predicted molar refractivity (Wildman–Crippen MR) is 78.2 cm³/mol. The summed E-state index contributed by atoms with van der Waals surface area (Å²) in [6.07, 6.45) is 0. The molecule has 19 heavy (non-hydrogen) atoms. The summed E-state index contributed by atoms with van der Waals surface area (Å²) in [5, 5.41) is 3.27. The highest BCUT2D eigenvalue weighted by atomic mass is 16.5. The Balaban J connectivity index is 2.76. The van der Waals surface area contributed by atoms with Gasteiger partial charge in [0.2, 0.25) is 0 Å². The molecule has 0 heterocycles. The number of ether oxygens (including phenoxy) is 1. The van der Waals surface area contributed by atoms with Crippen LogP contribution in [-0.2, 0) is 16.1 Å². The van der Waals surface area contributed by atoms with Gasteiger partial charge in [0.1, 0.15) is 5.54 Å². The van der Waals surface area contributed by atoms with E-state index in [9.17, 15) is 4.79 Å². The lowest BCUT2D eigenvalue weighted by atomic mass is 9.99. The molecule has 106 valence electrons. The maximum absolute atomic E-state index is 11.8. The molecule has 0 atom stereocenters. The Morgan fingerprint density at radius 3 is 2.32 bits per heavy atom. The van der Waals surface area contributed by atoms with Crippen molar-refractivity contribution in [2.45, 2.75) is 53.6 Å². The minimum Gasteiger partial charge on any atom is -0.465 e. The third kappa shape index (κ3) is 4.06. The van der Waals surface area contributed by atoms with Crippen LogP contribution >= 0.6 is 0 Å². The molecule has 0 fully saturated rings. The quantitative estimate of drug-likeness (QED) is 0.830. The number of carbonyl (C=O) groups excluding carboxylic acids is 1. The molecule has 3 heteroatoms. The monoisotopic (exact) mass is 263 g/mol. The molecule has 0 bridgehead atoms. The molecule has 0 saturated carbocycles. The molecule has 1 aromatic rings. The first-order valence-electron chi connectivity index (χ1n) is 6.77. The van der Waals surface area contributed by atoms with Crippen molar-refractivity contribution in [1.82, 2.24) is 5.32 Å². The van der Waals surface area contributed by atoms with Gasteiger partial charge in [0.05, 0.1) is 6.61 Å². The van der Waals surface area contributed by atoms with Crippen LogP contribution in [0.4, 0.5) is 0 Å². The fourth-order valence-corrected chi connectivity index (χ4v) is 1.91. The van der Waals surface area contributed by atoms with Gasteiger partial charge in [-0.2, -0.15) is 0 Å². The standard InChI is InChI=1S/C16H25NO2/c1-7-19-15(18)16(5,6)17-10-14-9-12(3)11(2)8-13(14)4/h8-9,17H,7,10H2,1-6H3. The molecular formula is C16H25NO2. The topological polar surface area (TPSA) is 38.3 Å². The summed E-state index contributed by atoms with van der Waals surface area (Å²) in [6, 6.07) is 4.36. The summed E-state index contributed by atoms with van der Waals surface area (Å²) in [5.41, 5.74) is 4.37. The lowest BCUT2D eigenvalue weighted by Gasteiger charge is -2.24. The van der Waals surface area contributed by atoms with Crippen LogP contribution < -0.4 is 5.32 Å². The number of hydrogen-bond donors (Lipinski definition) is 1. The largest absolute Gasteiger partial charge is 0.465 e. The van der Waals surface area contributed by atoms with Crippen molar-refractivity contribution >= 4 is 5.97 Å². The van der Waals surface area contributed by atoms with Crippen LogP contribution in [0.1, 0.15) is 43.0 Å². The number of esters is 1. The molecule has 0 saturated heterocycles. The van der Waals surface area contributed by atoms with E-state index in [1.54, 1.807) is 0 Å². The fraction of sp³-hybridized carbons (Fsp3) is 0.562. The smallest absolute Gasteiger partial charge is 0.325 e. The second-order valence-corrected chi connectivity index (χ2v) is 5.56. The number of rotatable bonds is 5. The lowest BCUT2D eigenvalue weighted by Crippen LogP contribution is -2.47. The van der Waals surface area contributed by atoms with Crippen molar-refractivity contribution in [3.63, 3.8) is 0 Å². The molecule has 1 N–H and O–H groups in total. The fourth-order valence-electron chi connectivity index (χ4n) is 1.91. The highest BCUT2D eigenvalue weighted by Gasteiger charge is 2.28. The summed E-state index contributed by atoms with van der Waals surface area (Å²) in [5.74, 6) is -0.212. The first-order chi connectivity index (χ1) is 8.77. The molecule has 3 nitrogen and oxygen atoms in total. The molecule has 0 radical (unpaired) electrons. The van der Waals surface area contributed by atoms with Crippen LogP contribution in [0, 0.1) is 20.8 Å². The second-order valence-electron chi connectivity index (χ2n) is 5.56. The number of hydrogen-bond acceptors (Lipinski definition) is 3. The highest BCUT2D eigenvalue weighted by molar-refractivity contribution is 5.79. The van der Waals surface area contributed by atoms with Gasteiger partial charge in [-0.3, -0.25) is 10.1 Å². The average molecular weight is 263 g/mol. The second kappa shape index (κ2) is 6.20. The van der Waals surface area contributed by atoms with Gasteiger partial charge < -0.3 is 4.74 Å². The molecule has 1 aromatic carbocycles. The van der Waals surface area contributed by atoms with Crippen LogP contribution in [0.25, 0.3) is 0 Å². The Hall–Kier alpha value is -1.35. The van der Waals surface area contributed by atoms with Crippen molar-refractivity contribution in [1.29, 1.82) is 0 Å². The SMILES string of the molecule is CCOC(=O)C(C)(C)NCc1cc(C)c(C)cc1C. The van der Waals surface area contributed by atoms with Gasteiger partial charge >= 0.3 is 5.97 Å². The van der Waals surface area contributed by atoms with E-state index in [-0.39, 0.29) is 5.97 Å². The van der Waals surface area contributed by atoms with E-state index in [0.717, 1.165) is 0 Å². The van der Waals surface area contributed by atoms with Gasteiger partial charge in [0, 0.05) is 6.54 Å².